The lowest BCUT2D eigenvalue weighted by Crippen LogP contribution is -2.43. The number of anilines is 3. The van der Waals surface area contributed by atoms with E-state index in [2.05, 4.69) is 57.2 Å². The minimum absolute atomic E-state index is 0.126. The Balaban J connectivity index is 1.02. The van der Waals surface area contributed by atoms with E-state index in [1.807, 2.05) is 24.3 Å². The molecule has 2 saturated heterocycles. The molecular weight excluding hydrogens is 546 g/mol. The summed E-state index contributed by atoms with van der Waals surface area (Å²) in [6, 6.07) is 14.4. The predicted molar refractivity (Wildman–Crippen MR) is 159 cm³/mol. The van der Waals surface area contributed by atoms with Crippen LogP contribution in [0.3, 0.4) is 0 Å². The summed E-state index contributed by atoms with van der Waals surface area (Å²) in [4.78, 5) is 30.2. The summed E-state index contributed by atoms with van der Waals surface area (Å²) in [7, 11) is 0. The number of aromatic hydroxyl groups is 1. The summed E-state index contributed by atoms with van der Waals surface area (Å²) in [5.41, 5.74) is 9.17. The molecule has 0 spiro atoms. The van der Waals surface area contributed by atoms with E-state index in [-0.39, 0.29) is 29.9 Å². The van der Waals surface area contributed by atoms with Crippen LogP contribution in [-0.2, 0) is 0 Å². The van der Waals surface area contributed by atoms with E-state index in [1.165, 1.54) is 0 Å². The van der Waals surface area contributed by atoms with Crippen molar-refractivity contribution in [1.29, 1.82) is 0 Å². The van der Waals surface area contributed by atoms with Crippen molar-refractivity contribution in [3.8, 4) is 28.8 Å². The van der Waals surface area contributed by atoms with E-state index in [0.29, 0.717) is 34.5 Å². The largest absolute Gasteiger partial charge is 0.507 e. The SMILES string of the molecule is Nc1nnc(-c2ccccc2O)cc1N1C[C@H]2C[C@@H]1CN(c1ccnc(C#CCNC(=O)c3cc4ncccn4n3)n1)C2. The lowest BCUT2D eigenvalue weighted by Gasteiger charge is -2.34. The van der Waals surface area contributed by atoms with E-state index in [4.69, 9.17) is 5.73 Å². The molecule has 0 radical (unpaired) electrons. The second-order valence-electron chi connectivity index (χ2n) is 10.5. The Morgan fingerprint density at radius 3 is 2.86 bits per heavy atom. The zero-order valence-corrected chi connectivity index (χ0v) is 23.0. The number of aromatic nitrogens is 7. The normalized spacial score (nSPS) is 17.5. The van der Waals surface area contributed by atoms with Gasteiger partial charge in [-0.2, -0.15) is 5.10 Å². The van der Waals surface area contributed by atoms with Crippen molar-refractivity contribution in [3.05, 3.63) is 78.6 Å². The first-order valence-corrected chi connectivity index (χ1v) is 13.9. The number of nitrogens with two attached hydrogens (primary N) is 1. The van der Waals surface area contributed by atoms with Gasteiger partial charge >= 0.3 is 0 Å². The number of hydrogen-bond acceptors (Lipinski definition) is 11. The molecule has 0 saturated carbocycles. The first kappa shape index (κ1) is 26.1. The summed E-state index contributed by atoms with van der Waals surface area (Å²) < 4.78 is 1.54. The molecule has 5 aromatic rings. The molecule has 13 heteroatoms. The van der Waals surface area contributed by atoms with E-state index >= 15 is 0 Å². The maximum Gasteiger partial charge on any atom is 0.272 e. The fourth-order valence-electron chi connectivity index (χ4n) is 5.75. The minimum atomic E-state index is -0.333. The fraction of sp³-hybridized carbons (Fsp3) is 0.233. The third kappa shape index (κ3) is 5.21. The van der Waals surface area contributed by atoms with E-state index in [9.17, 15) is 9.90 Å². The first-order valence-electron chi connectivity index (χ1n) is 13.9. The highest BCUT2D eigenvalue weighted by Crippen LogP contribution is 2.38. The number of hydrogen-bond donors (Lipinski definition) is 3. The molecule has 2 aliphatic rings. The maximum absolute atomic E-state index is 12.5. The number of nitrogens with zero attached hydrogens (tertiary/aromatic N) is 9. The quantitative estimate of drug-likeness (QED) is 0.263. The maximum atomic E-state index is 12.5. The number of nitrogen functional groups attached to an aromatic ring is 1. The topological polar surface area (TPSA) is 164 Å². The first-order chi connectivity index (χ1) is 21.0. The Hall–Kier alpha value is -5.77. The van der Waals surface area contributed by atoms with Crippen molar-refractivity contribution in [1.82, 2.24) is 40.1 Å². The number of rotatable bonds is 5. The van der Waals surface area contributed by atoms with Crippen LogP contribution >= 0.6 is 0 Å². The van der Waals surface area contributed by atoms with Gasteiger partial charge in [-0.3, -0.25) is 4.79 Å². The number of carbonyl (C=O) groups excluding carboxylic acids is 1. The summed E-state index contributed by atoms with van der Waals surface area (Å²) in [6.45, 7) is 2.54. The monoisotopic (exact) mass is 573 g/mol. The van der Waals surface area contributed by atoms with Crippen LogP contribution in [-0.4, -0.2) is 78.0 Å². The third-order valence-electron chi connectivity index (χ3n) is 7.67. The van der Waals surface area contributed by atoms with Crippen LogP contribution in [0.5, 0.6) is 5.75 Å². The van der Waals surface area contributed by atoms with Crippen molar-refractivity contribution in [3.63, 3.8) is 0 Å². The van der Waals surface area contributed by atoms with Gasteiger partial charge in [-0.05, 0) is 48.6 Å². The Morgan fingerprint density at radius 2 is 1.98 bits per heavy atom. The average Bonchev–Trinajstić information content (AvgIpc) is 3.60. The predicted octanol–water partition coefficient (Wildman–Crippen LogP) is 1.76. The van der Waals surface area contributed by atoms with Crippen molar-refractivity contribution >= 4 is 28.9 Å². The van der Waals surface area contributed by atoms with Gasteiger partial charge in [0.2, 0.25) is 5.82 Å². The Labute approximate surface area is 246 Å². The molecule has 0 aliphatic carbocycles. The molecule has 2 bridgehead atoms. The van der Waals surface area contributed by atoms with Crippen LogP contribution in [0.2, 0.25) is 0 Å². The number of carbonyl (C=O) groups is 1. The van der Waals surface area contributed by atoms with E-state index in [0.717, 1.165) is 37.6 Å². The summed E-state index contributed by atoms with van der Waals surface area (Å²) in [6.07, 6.45) is 6.11. The molecule has 0 unspecified atom stereocenters. The number of nitrogens with one attached hydrogen (secondary N) is 1. The smallest absolute Gasteiger partial charge is 0.272 e. The number of para-hydroxylation sites is 1. The number of phenols is 1. The van der Waals surface area contributed by atoms with Gasteiger partial charge in [0, 0.05) is 55.9 Å². The lowest BCUT2D eigenvalue weighted by molar-refractivity contribution is 0.0953. The second kappa shape index (κ2) is 10.9. The molecule has 1 amide bonds. The van der Waals surface area contributed by atoms with Crippen molar-refractivity contribution in [2.45, 2.75) is 12.5 Å². The Bertz CT molecular complexity index is 1860. The van der Waals surface area contributed by atoms with Gasteiger partial charge in [0.25, 0.3) is 5.91 Å². The molecule has 4 N–H and O–H groups in total. The van der Waals surface area contributed by atoms with Gasteiger partial charge < -0.3 is 26.0 Å². The van der Waals surface area contributed by atoms with Gasteiger partial charge in [-0.15, -0.1) is 10.2 Å². The molecule has 2 aliphatic heterocycles. The van der Waals surface area contributed by atoms with Crippen LogP contribution < -0.4 is 20.9 Å². The number of benzene rings is 1. The number of piperidine rings is 1. The van der Waals surface area contributed by atoms with Crippen LogP contribution in [0, 0.1) is 17.8 Å². The van der Waals surface area contributed by atoms with E-state index < -0.39 is 0 Å². The van der Waals surface area contributed by atoms with Gasteiger partial charge in [0.15, 0.2) is 17.2 Å². The number of amides is 1. The molecule has 13 nitrogen and oxygen atoms in total. The van der Waals surface area contributed by atoms with Crippen LogP contribution in [0.15, 0.2) is 67.1 Å². The van der Waals surface area contributed by atoms with Crippen molar-refractivity contribution in [2.75, 3.05) is 41.7 Å². The van der Waals surface area contributed by atoms with Gasteiger partial charge in [-0.1, -0.05) is 18.1 Å². The molecule has 1 aromatic carbocycles. The Kier molecular flexibility index (Phi) is 6.63. The Morgan fingerprint density at radius 1 is 1.07 bits per heavy atom. The van der Waals surface area contributed by atoms with Crippen molar-refractivity contribution in [2.24, 2.45) is 5.92 Å². The highest BCUT2D eigenvalue weighted by atomic mass is 16.3. The average molecular weight is 574 g/mol. The van der Waals surface area contributed by atoms with Crippen molar-refractivity contribution < 1.29 is 9.90 Å². The van der Waals surface area contributed by atoms with Gasteiger partial charge in [-0.25, -0.2) is 19.5 Å². The standard InChI is InChI=1S/C30H27N11O2/c31-29-24(14-22(36-37-29)21-5-1-2-6-25(21)42)40-17-19-13-20(40)18-39(16-19)27-8-11-32-26(35-27)7-3-9-34-30(43)23-15-28-33-10-4-12-41(28)38-23/h1-2,4-6,8,10-12,14-15,19-20,42H,9,13,16-18H2,(H2,31,37)(H,34,43)/t19-,20+/m0/s1. The molecule has 2 atom stereocenters. The van der Waals surface area contributed by atoms with Gasteiger partial charge in [0.1, 0.15) is 11.6 Å². The van der Waals surface area contributed by atoms with Gasteiger partial charge in [0.05, 0.1) is 17.9 Å². The number of phenolic OH excluding ortho intramolecular Hbond substituents is 1. The molecule has 2 fully saturated rings. The van der Waals surface area contributed by atoms with E-state index in [1.54, 1.807) is 47.4 Å². The van der Waals surface area contributed by atoms with Crippen LogP contribution in [0.25, 0.3) is 16.9 Å². The molecular formula is C30H27N11O2. The number of fused-ring (bicyclic) bond motifs is 3. The zero-order chi connectivity index (χ0) is 29.3. The molecule has 214 valence electrons. The highest BCUT2D eigenvalue weighted by molar-refractivity contribution is 5.93. The molecule has 43 heavy (non-hydrogen) atoms. The highest BCUT2D eigenvalue weighted by Gasteiger charge is 2.40. The summed E-state index contributed by atoms with van der Waals surface area (Å²) >= 11 is 0. The van der Waals surface area contributed by atoms with Crippen LogP contribution in [0.4, 0.5) is 17.3 Å². The second-order valence-corrected chi connectivity index (χ2v) is 10.5. The zero-order valence-electron chi connectivity index (χ0n) is 23.0. The lowest BCUT2D eigenvalue weighted by atomic mass is 10.00. The molecule has 6 heterocycles. The summed E-state index contributed by atoms with van der Waals surface area (Å²) in [5, 5.41) is 25.7. The van der Waals surface area contributed by atoms with Crippen LogP contribution in [0.1, 0.15) is 22.7 Å². The summed E-state index contributed by atoms with van der Waals surface area (Å²) in [5.74, 6) is 7.65. The third-order valence-corrected chi connectivity index (χ3v) is 7.67. The fourth-order valence-corrected chi connectivity index (χ4v) is 5.75. The molecule has 7 rings (SSSR count). The minimum Gasteiger partial charge on any atom is -0.507 e. The molecule has 4 aromatic heterocycles.